The summed E-state index contributed by atoms with van der Waals surface area (Å²) in [6, 6.07) is 24.0. The van der Waals surface area contributed by atoms with Crippen molar-refractivity contribution in [3.05, 3.63) is 83.9 Å². The van der Waals surface area contributed by atoms with Gasteiger partial charge in [-0.1, -0.05) is 30.7 Å². The first-order valence-corrected chi connectivity index (χ1v) is 9.16. The second-order valence-electron chi connectivity index (χ2n) is 6.62. The van der Waals surface area contributed by atoms with Crippen molar-refractivity contribution < 1.29 is 4.74 Å². The largest absolute Gasteiger partial charge is 0.457 e. The second-order valence-corrected chi connectivity index (χ2v) is 6.62. The maximum atomic E-state index is 5.82. The molecule has 3 heteroatoms. The molecule has 0 radical (unpaired) electrons. The molecule has 0 aliphatic heterocycles. The van der Waals surface area contributed by atoms with Crippen LogP contribution in [0.25, 0.3) is 0 Å². The third-order valence-corrected chi connectivity index (χ3v) is 4.45. The number of ether oxygens (including phenoxy) is 1. The highest BCUT2D eigenvalue weighted by atomic mass is 16.5. The molecule has 0 aliphatic rings. The summed E-state index contributed by atoms with van der Waals surface area (Å²) >= 11 is 0. The van der Waals surface area contributed by atoms with Crippen molar-refractivity contribution in [1.29, 1.82) is 0 Å². The number of rotatable bonds is 8. The van der Waals surface area contributed by atoms with E-state index in [1.165, 1.54) is 30.4 Å². The van der Waals surface area contributed by atoms with E-state index in [0.29, 0.717) is 0 Å². The molecule has 0 unspecified atom stereocenters. The van der Waals surface area contributed by atoms with Gasteiger partial charge in [0, 0.05) is 11.4 Å². The van der Waals surface area contributed by atoms with Gasteiger partial charge in [0.15, 0.2) is 0 Å². The Bertz CT molecular complexity index is 793. The Balaban J connectivity index is 1.38. The average molecular weight is 346 g/mol. The van der Waals surface area contributed by atoms with Gasteiger partial charge in [-0.15, -0.1) is 0 Å². The maximum Gasteiger partial charge on any atom is 0.127 e. The fourth-order valence-corrected chi connectivity index (χ4v) is 2.92. The van der Waals surface area contributed by atoms with E-state index in [0.717, 1.165) is 35.7 Å². The molecule has 0 aliphatic carbocycles. The number of aryl methyl sites for hydroxylation is 2. The average Bonchev–Trinajstić information content (AvgIpc) is 2.66. The SMILES string of the molecule is Nc1ccc(CCCCCc2ccc(Oc3ccc(N)cc3)cc2)cc1. The van der Waals surface area contributed by atoms with Crippen LogP contribution >= 0.6 is 0 Å². The molecule has 0 saturated heterocycles. The lowest BCUT2D eigenvalue weighted by atomic mass is 10.0. The van der Waals surface area contributed by atoms with Gasteiger partial charge in [-0.05, 0) is 85.3 Å². The summed E-state index contributed by atoms with van der Waals surface area (Å²) in [5.41, 5.74) is 15.7. The summed E-state index contributed by atoms with van der Waals surface area (Å²) in [7, 11) is 0. The van der Waals surface area contributed by atoms with Crippen LogP contribution < -0.4 is 16.2 Å². The van der Waals surface area contributed by atoms with Gasteiger partial charge < -0.3 is 16.2 Å². The number of nitrogens with two attached hydrogens (primary N) is 2. The first-order valence-electron chi connectivity index (χ1n) is 9.16. The zero-order valence-corrected chi connectivity index (χ0v) is 15.0. The van der Waals surface area contributed by atoms with E-state index < -0.39 is 0 Å². The molecule has 0 aromatic heterocycles. The van der Waals surface area contributed by atoms with Crippen molar-refractivity contribution in [2.45, 2.75) is 32.1 Å². The Labute approximate surface area is 155 Å². The summed E-state index contributed by atoms with van der Waals surface area (Å²) < 4.78 is 5.82. The van der Waals surface area contributed by atoms with Crippen LogP contribution in [0.5, 0.6) is 11.5 Å². The van der Waals surface area contributed by atoms with Crippen molar-refractivity contribution in [2.75, 3.05) is 11.5 Å². The Morgan fingerprint density at radius 2 is 0.885 bits per heavy atom. The first kappa shape index (κ1) is 17.9. The summed E-state index contributed by atoms with van der Waals surface area (Å²) in [6.07, 6.45) is 5.86. The lowest BCUT2D eigenvalue weighted by Crippen LogP contribution is -1.91. The van der Waals surface area contributed by atoms with Crippen molar-refractivity contribution in [1.82, 2.24) is 0 Å². The predicted octanol–water partition coefficient (Wildman–Crippen LogP) is 5.60. The minimum absolute atomic E-state index is 0.740. The molecule has 3 aromatic rings. The molecule has 4 N–H and O–H groups in total. The van der Waals surface area contributed by atoms with Crippen LogP contribution in [0.15, 0.2) is 72.8 Å². The van der Waals surface area contributed by atoms with Gasteiger partial charge in [-0.25, -0.2) is 0 Å². The maximum absolute atomic E-state index is 5.82. The standard InChI is InChI=1S/C23H26N2O/c24-20-10-6-18(7-11-20)4-2-1-3-5-19-8-14-22(15-9-19)26-23-16-12-21(25)13-17-23/h6-17H,1-5,24-25H2. The molecule has 3 aromatic carbocycles. The molecule has 0 fully saturated rings. The molecule has 0 spiro atoms. The number of hydrogen-bond donors (Lipinski definition) is 2. The Morgan fingerprint density at radius 3 is 1.38 bits per heavy atom. The van der Waals surface area contributed by atoms with Gasteiger partial charge in [0.25, 0.3) is 0 Å². The molecule has 0 heterocycles. The zero-order chi connectivity index (χ0) is 18.2. The minimum atomic E-state index is 0.740. The smallest absolute Gasteiger partial charge is 0.127 e. The molecule has 0 saturated carbocycles. The predicted molar refractivity (Wildman–Crippen MR) is 109 cm³/mol. The van der Waals surface area contributed by atoms with Gasteiger partial charge in [0.1, 0.15) is 11.5 Å². The third kappa shape index (κ3) is 5.55. The summed E-state index contributed by atoms with van der Waals surface area (Å²) in [5, 5.41) is 0. The molecular formula is C23H26N2O. The molecule has 26 heavy (non-hydrogen) atoms. The number of unbranched alkanes of at least 4 members (excludes halogenated alkanes) is 2. The van der Waals surface area contributed by atoms with Gasteiger partial charge in [-0.2, -0.15) is 0 Å². The number of benzene rings is 3. The van der Waals surface area contributed by atoms with Crippen LogP contribution in [0.2, 0.25) is 0 Å². The van der Waals surface area contributed by atoms with Crippen molar-refractivity contribution in [3.8, 4) is 11.5 Å². The lowest BCUT2D eigenvalue weighted by molar-refractivity contribution is 0.482. The van der Waals surface area contributed by atoms with Crippen LogP contribution in [0.4, 0.5) is 11.4 Å². The molecular weight excluding hydrogens is 320 g/mol. The summed E-state index contributed by atoms with van der Waals surface area (Å²) in [4.78, 5) is 0. The van der Waals surface area contributed by atoms with Gasteiger partial charge >= 0.3 is 0 Å². The quantitative estimate of drug-likeness (QED) is 0.412. The van der Waals surface area contributed by atoms with Crippen LogP contribution in [0.3, 0.4) is 0 Å². The Morgan fingerprint density at radius 1 is 0.500 bits per heavy atom. The van der Waals surface area contributed by atoms with E-state index in [-0.39, 0.29) is 0 Å². The van der Waals surface area contributed by atoms with Crippen LogP contribution in [0, 0.1) is 0 Å². The highest BCUT2D eigenvalue weighted by molar-refractivity contribution is 5.43. The number of hydrogen-bond acceptors (Lipinski definition) is 3. The monoisotopic (exact) mass is 346 g/mol. The summed E-state index contributed by atoms with van der Waals surface area (Å²) in [6.45, 7) is 0. The Kier molecular flexibility index (Phi) is 6.15. The normalized spacial score (nSPS) is 10.6. The lowest BCUT2D eigenvalue weighted by Gasteiger charge is -2.07. The van der Waals surface area contributed by atoms with Crippen LogP contribution in [0.1, 0.15) is 30.4 Å². The van der Waals surface area contributed by atoms with E-state index >= 15 is 0 Å². The first-order chi connectivity index (χ1) is 12.7. The highest BCUT2D eigenvalue weighted by Crippen LogP contribution is 2.23. The van der Waals surface area contributed by atoms with E-state index in [1.807, 2.05) is 48.5 Å². The number of anilines is 2. The van der Waals surface area contributed by atoms with Gasteiger partial charge in [0.2, 0.25) is 0 Å². The molecule has 0 atom stereocenters. The van der Waals surface area contributed by atoms with Crippen LogP contribution in [-0.2, 0) is 12.8 Å². The van der Waals surface area contributed by atoms with Crippen LogP contribution in [-0.4, -0.2) is 0 Å². The minimum Gasteiger partial charge on any atom is -0.457 e. The molecule has 3 nitrogen and oxygen atoms in total. The van der Waals surface area contributed by atoms with E-state index in [9.17, 15) is 0 Å². The fourth-order valence-electron chi connectivity index (χ4n) is 2.92. The zero-order valence-electron chi connectivity index (χ0n) is 15.0. The Hall–Kier alpha value is -2.94. The molecule has 0 amide bonds. The van der Waals surface area contributed by atoms with Crippen molar-refractivity contribution in [3.63, 3.8) is 0 Å². The topological polar surface area (TPSA) is 61.3 Å². The summed E-state index contributed by atoms with van der Waals surface area (Å²) in [5.74, 6) is 1.65. The van der Waals surface area contributed by atoms with E-state index in [1.54, 1.807) is 0 Å². The second kappa shape index (κ2) is 8.95. The van der Waals surface area contributed by atoms with E-state index in [2.05, 4.69) is 24.3 Å². The molecule has 3 rings (SSSR count). The van der Waals surface area contributed by atoms with E-state index in [4.69, 9.17) is 16.2 Å². The van der Waals surface area contributed by atoms with Crippen molar-refractivity contribution >= 4 is 11.4 Å². The highest BCUT2D eigenvalue weighted by Gasteiger charge is 1.99. The molecule has 0 bridgehead atoms. The molecule has 134 valence electrons. The third-order valence-electron chi connectivity index (χ3n) is 4.45. The van der Waals surface area contributed by atoms with Gasteiger partial charge in [0.05, 0.1) is 0 Å². The van der Waals surface area contributed by atoms with Gasteiger partial charge in [-0.3, -0.25) is 0 Å². The number of nitrogen functional groups attached to an aromatic ring is 2. The fraction of sp³-hybridized carbons (Fsp3) is 0.217. The van der Waals surface area contributed by atoms with Crippen molar-refractivity contribution in [2.24, 2.45) is 0 Å².